The molecule has 3 rings (SSSR count). The van der Waals surface area contributed by atoms with Gasteiger partial charge in [0.25, 0.3) is 0 Å². The number of phenols is 1. The highest BCUT2D eigenvalue weighted by molar-refractivity contribution is 5.35. The van der Waals surface area contributed by atoms with E-state index in [9.17, 15) is 10.2 Å². The van der Waals surface area contributed by atoms with Crippen LogP contribution in [-0.4, -0.2) is 29.4 Å². The second-order valence-corrected chi connectivity index (χ2v) is 7.25. The Bertz CT molecular complexity index is 635. The predicted octanol–water partition coefficient (Wildman–Crippen LogP) is 3.86. The van der Waals surface area contributed by atoms with Crippen molar-refractivity contribution in [3.8, 4) is 5.75 Å². The van der Waals surface area contributed by atoms with Gasteiger partial charge in [-0.15, -0.1) is 0 Å². The lowest BCUT2D eigenvalue weighted by Crippen LogP contribution is -2.37. The van der Waals surface area contributed by atoms with Crippen LogP contribution >= 0.6 is 0 Å². The summed E-state index contributed by atoms with van der Waals surface area (Å²) in [7, 11) is 0. The van der Waals surface area contributed by atoms with Gasteiger partial charge in [0.15, 0.2) is 0 Å². The average Bonchev–Trinajstić information content (AvgIpc) is 2.67. The zero-order valence-electron chi connectivity index (χ0n) is 14.8. The minimum absolute atomic E-state index is 0.217. The fraction of sp³-hybridized carbons (Fsp3) is 0.455. The van der Waals surface area contributed by atoms with Crippen LogP contribution in [-0.2, 0) is 6.42 Å². The van der Waals surface area contributed by atoms with Crippen molar-refractivity contribution in [2.24, 2.45) is 5.92 Å². The SMILES string of the molecule is OCC(CNC1CCC(c2ccccc2O)CC1)Cc1ccccc1. The Balaban J connectivity index is 1.45. The van der Waals surface area contributed by atoms with Crippen molar-refractivity contribution >= 4 is 0 Å². The van der Waals surface area contributed by atoms with Gasteiger partial charge in [0.2, 0.25) is 0 Å². The van der Waals surface area contributed by atoms with Crippen molar-refractivity contribution < 1.29 is 10.2 Å². The lowest BCUT2D eigenvalue weighted by molar-refractivity contribution is 0.212. The molecule has 0 bridgehead atoms. The number of phenolic OH excluding ortho intramolecular Hbond substituents is 1. The van der Waals surface area contributed by atoms with E-state index in [2.05, 4.69) is 35.6 Å². The van der Waals surface area contributed by atoms with E-state index in [1.54, 1.807) is 6.07 Å². The van der Waals surface area contributed by atoms with Crippen LogP contribution in [0.3, 0.4) is 0 Å². The number of aliphatic hydroxyl groups is 1. The van der Waals surface area contributed by atoms with Gasteiger partial charge in [-0.1, -0.05) is 48.5 Å². The molecule has 1 aliphatic rings. The Kier molecular flexibility index (Phi) is 6.48. The van der Waals surface area contributed by atoms with E-state index in [1.807, 2.05) is 18.2 Å². The van der Waals surface area contributed by atoms with E-state index < -0.39 is 0 Å². The van der Waals surface area contributed by atoms with Crippen LogP contribution in [0.5, 0.6) is 5.75 Å². The smallest absolute Gasteiger partial charge is 0.119 e. The van der Waals surface area contributed by atoms with Crippen molar-refractivity contribution in [2.75, 3.05) is 13.2 Å². The molecule has 2 aromatic carbocycles. The van der Waals surface area contributed by atoms with Crippen LogP contribution in [0.2, 0.25) is 0 Å². The van der Waals surface area contributed by atoms with Crippen LogP contribution in [0.1, 0.15) is 42.7 Å². The molecule has 3 heteroatoms. The lowest BCUT2D eigenvalue weighted by Gasteiger charge is -2.31. The van der Waals surface area contributed by atoms with Crippen LogP contribution in [0, 0.1) is 5.92 Å². The highest BCUT2D eigenvalue weighted by Crippen LogP contribution is 2.36. The van der Waals surface area contributed by atoms with Gasteiger partial charge < -0.3 is 15.5 Å². The Morgan fingerprint density at radius 2 is 1.60 bits per heavy atom. The molecule has 1 atom stereocenters. The molecule has 0 spiro atoms. The predicted molar refractivity (Wildman–Crippen MR) is 102 cm³/mol. The van der Waals surface area contributed by atoms with Gasteiger partial charge >= 0.3 is 0 Å². The Morgan fingerprint density at radius 1 is 0.920 bits per heavy atom. The van der Waals surface area contributed by atoms with Gasteiger partial charge in [-0.25, -0.2) is 0 Å². The first-order chi connectivity index (χ1) is 12.3. The van der Waals surface area contributed by atoms with Crippen molar-refractivity contribution in [3.05, 3.63) is 65.7 Å². The summed E-state index contributed by atoms with van der Waals surface area (Å²) >= 11 is 0. The van der Waals surface area contributed by atoms with Crippen LogP contribution in [0.4, 0.5) is 0 Å². The monoisotopic (exact) mass is 339 g/mol. The summed E-state index contributed by atoms with van der Waals surface area (Å²) in [5.41, 5.74) is 2.38. The lowest BCUT2D eigenvalue weighted by atomic mass is 9.81. The topological polar surface area (TPSA) is 52.5 Å². The molecule has 0 aliphatic heterocycles. The number of benzene rings is 2. The molecule has 1 saturated carbocycles. The molecule has 134 valence electrons. The maximum Gasteiger partial charge on any atom is 0.119 e. The number of rotatable bonds is 7. The number of hydrogen-bond acceptors (Lipinski definition) is 3. The van der Waals surface area contributed by atoms with Gasteiger partial charge in [-0.3, -0.25) is 0 Å². The molecule has 1 unspecified atom stereocenters. The molecule has 0 amide bonds. The average molecular weight is 339 g/mol. The molecule has 2 aromatic rings. The first kappa shape index (κ1) is 18.0. The summed E-state index contributed by atoms with van der Waals surface area (Å²) in [6.07, 6.45) is 5.39. The van der Waals surface area contributed by atoms with E-state index in [-0.39, 0.29) is 12.5 Å². The van der Waals surface area contributed by atoms with Crippen molar-refractivity contribution in [1.29, 1.82) is 0 Å². The summed E-state index contributed by atoms with van der Waals surface area (Å²) in [5.74, 6) is 1.16. The van der Waals surface area contributed by atoms with Gasteiger partial charge in [-0.05, 0) is 61.1 Å². The first-order valence-corrected chi connectivity index (χ1v) is 9.42. The molecular weight excluding hydrogens is 310 g/mol. The van der Waals surface area contributed by atoms with E-state index in [4.69, 9.17) is 0 Å². The van der Waals surface area contributed by atoms with Crippen LogP contribution in [0.25, 0.3) is 0 Å². The van der Waals surface area contributed by atoms with E-state index in [0.29, 0.717) is 17.7 Å². The third-order valence-corrected chi connectivity index (χ3v) is 5.42. The minimum atomic E-state index is 0.217. The Hall–Kier alpha value is -1.84. The highest BCUT2D eigenvalue weighted by Gasteiger charge is 2.24. The van der Waals surface area contributed by atoms with Crippen molar-refractivity contribution in [3.63, 3.8) is 0 Å². The molecule has 3 N–H and O–H groups in total. The van der Waals surface area contributed by atoms with E-state index in [0.717, 1.165) is 44.2 Å². The van der Waals surface area contributed by atoms with Crippen LogP contribution < -0.4 is 5.32 Å². The number of para-hydroxylation sites is 1. The largest absolute Gasteiger partial charge is 0.508 e. The third-order valence-electron chi connectivity index (χ3n) is 5.42. The molecule has 25 heavy (non-hydrogen) atoms. The number of aromatic hydroxyl groups is 1. The normalized spacial score (nSPS) is 21.8. The van der Waals surface area contributed by atoms with Gasteiger partial charge in [0.1, 0.15) is 5.75 Å². The summed E-state index contributed by atoms with van der Waals surface area (Å²) in [4.78, 5) is 0. The Morgan fingerprint density at radius 3 is 2.28 bits per heavy atom. The Labute approximate surface area is 150 Å². The second kappa shape index (κ2) is 9.02. The third kappa shape index (κ3) is 5.07. The summed E-state index contributed by atoms with van der Waals surface area (Å²) < 4.78 is 0. The number of aliphatic hydroxyl groups excluding tert-OH is 1. The zero-order valence-corrected chi connectivity index (χ0v) is 14.8. The number of hydrogen-bond donors (Lipinski definition) is 3. The zero-order chi connectivity index (χ0) is 17.5. The molecule has 0 saturated heterocycles. The minimum Gasteiger partial charge on any atom is -0.508 e. The van der Waals surface area contributed by atoms with Crippen molar-refractivity contribution in [2.45, 2.75) is 44.1 Å². The maximum absolute atomic E-state index is 10.0. The van der Waals surface area contributed by atoms with Crippen LogP contribution in [0.15, 0.2) is 54.6 Å². The van der Waals surface area contributed by atoms with Gasteiger partial charge in [0, 0.05) is 19.2 Å². The van der Waals surface area contributed by atoms with Gasteiger partial charge in [-0.2, -0.15) is 0 Å². The standard InChI is InChI=1S/C22H29NO2/c24-16-18(14-17-6-2-1-3-7-17)15-23-20-12-10-19(11-13-20)21-8-4-5-9-22(21)25/h1-9,18-20,23-25H,10-16H2. The molecule has 1 fully saturated rings. The maximum atomic E-state index is 10.0. The molecule has 3 nitrogen and oxygen atoms in total. The second-order valence-electron chi connectivity index (χ2n) is 7.25. The molecule has 0 radical (unpaired) electrons. The summed E-state index contributed by atoms with van der Waals surface area (Å²) in [6, 6.07) is 18.6. The molecule has 0 aromatic heterocycles. The fourth-order valence-corrected chi connectivity index (χ4v) is 3.92. The van der Waals surface area contributed by atoms with Crippen molar-refractivity contribution in [1.82, 2.24) is 5.32 Å². The molecule has 0 heterocycles. The van der Waals surface area contributed by atoms with E-state index >= 15 is 0 Å². The molecular formula is C22H29NO2. The first-order valence-electron chi connectivity index (χ1n) is 9.42. The van der Waals surface area contributed by atoms with E-state index in [1.165, 1.54) is 5.56 Å². The quantitative estimate of drug-likeness (QED) is 0.718. The summed E-state index contributed by atoms with van der Waals surface area (Å²) in [5, 5.41) is 23.4. The number of nitrogens with one attached hydrogen (secondary N) is 1. The summed E-state index contributed by atoms with van der Waals surface area (Å²) in [6.45, 7) is 1.08. The van der Waals surface area contributed by atoms with Gasteiger partial charge in [0.05, 0.1) is 0 Å². The highest BCUT2D eigenvalue weighted by atomic mass is 16.3. The fourth-order valence-electron chi connectivity index (χ4n) is 3.92. The molecule has 1 aliphatic carbocycles.